The number of hydrogen-bond acceptors (Lipinski definition) is 8. The minimum Gasteiger partial charge on any atom is -0.463 e. The second-order valence-electron chi connectivity index (χ2n) is 6.49. The summed E-state index contributed by atoms with van der Waals surface area (Å²) in [7, 11) is 0. The highest BCUT2D eigenvalue weighted by Gasteiger charge is 2.54. The second-order valence-corrected chi connectivity index (χ2v) is 6.49. The van der Waals surface area contributed by atoms with Crippen molar-refractivity contribution in [2.75, 3.05) is 6.61 Å². The third-order valence-corrected chi connectivity index (χ3v) is 4.30. The summed E-state index contributed by atoms with van der Waals surface area (Å²) in [5, 5.41) is 0. The molecule has 8 heteroatoms. The summed E-state index contributed by atoms with van der Waals surface area (Å²) in [6.07, 6.45) is -3.93. The Morgan fingerprint density at radius 2 is 1.74 bits per heavy atom. The summed E-state index contributed by atoms with van der Waals surface area (Å²) in [5.41, 5.74) is 0.964. The molecule has 0 aromatic heterocycles. The van der Waals surface area contributed by atoms with E-state index in [4.69, 9.17) is 28.4 Å². The molecule has 6 atom stereocenters. The van der Waals surface area contributed by atoms with Crippen molar-refractivity contribution >= 4 is 11.9 Å². The standard InChI is InChI=1S/C19H24O8/c1-11(20)22-10-15-16(24-12(2)21)17(18-19(27-15)26-13(3)25-18)23-9-14-7-5-4-6-8-14/h4-8,13,15-19H,9-10H2,1-3H3/t13-,15-,16-,17-,18-,19+/m1/s1. The maximum atomic E-state index is 11.7. The van der Waals surface area contributed by atoms with Crippen molar-refractivity contribution in [3.05, 3.63) is 35.9 Å². The first-order chi connectivity index (χ1) is 12.9. The number of benzene rings is 1. The van der Waals surface area contributed by atoms with Gasteiger partial charge in [-0.3, -0.25) is 9.59 Å². The molecule has 3 rings (SSSR count). The van der Waals surface area contributed by atoms with Crippen LogP contribution in [0.1, 0.15) is 26.3 Å². The van der Waals surface area contributed by atoms with Gasteiger partial charge in [-0.15, -0.1) is 0 Å². The fourth-order valence-electron chi connectivity index (χ4n) is 3.20. The minimum absolute atomic E-state index is 0.0839. The summed E-state index contributed by atoms with van der Waals surface area (Å²) in [4.78, 5) is 22.9. The van der Waals surface area contributed by atoms with Crippen LogP contribution in [0, 0.1) is 0 Å². The number of rotatable bonds is 6. The molecule has 2 heterocycles. The molecule has 0 radical (unpaired) electrons. The van der Waals surface area contributed by atoms with Crippen molar-refractivity contribution in [1.82, 2.24) is 0 Å². The monoisotopic (exact) mass is 380 g/mol. The third kappa shape index (κ3) is 5.04. The molecule has 8 nitrogen and oxygen atoms in total. The van der Waals surface area contributed by atoms with Crippen molar-refractivity contribution < 1.29 is 38.0 Å². The van der Waals surface area contributed by atoms with E-state index in [1.54, 1.807) is 6.92 Å². The van der Waals surface area contributed by atoms with Gasteiger partial charge in [0, 0.05) is 13.8 Å². The lowest BCUT2D eigenvalue weighted by Crippen LogP contribution is -2.60. The quantitative estimate of drug-likeness (QED) is 0.687. The molecule has 0 amide bonds. The van der Waals surface area contributed by atoms with Crippen LogP contribution in [0.2, 0.25) is 0 Å². The minimum atomic E-state index is -0.805. The summed E-state index contributed by atoms with van der Waals surface area (Å²) < 4.78 is 33.9. The van der Waals surface area contributed by atoms with E-state index < -0.39 is 48.9 Å². The highest BCUT2D eigenvalue weighted by molar-refractivity contribution is 5.66. The highest BCUT2D eigenvalue weighted by atomic mass is 16.8. The number of carbonyl (C=O) groups excluding carboxylic acids is 2. The van der Waals surface area contributed by atoms with Gasteiger partial charge in [0.25, 0.3) is 0 Å². The molecule has 0 saturated carbocycles. The van der Waals surface area contributed by atoms with E-state index in [0.29, 0.717) is 6.61 Å². The molecule has 2 aliphatic heterocycles. The van der Waals surface area contributed by atoms with Crippen LogP contribution in [0.5, 0.6) is 0 Å². The lowest BCUT2D eigenvalue weighted by Gasteiger charge is -2.41. The number of carbonyl (C=O) groups is 2. The molecule has 0 N–H and O–H groups in total. The Balaban J connectivity index is 1.80. The first kappa shape index (κ1) is 19.8. The number of hydrogen-bond donors (Lipinski definition) is 0. The molecule has 0 bridgehead atoms. The van der Waals surface area contributed by atoms with Crippen molar-refractivity contribution in [2.45, 2.75) is 64.4 Å². The van der Waals surface area contributed by atoms with Crippen molar-refractivity contribution in [2.24, 2.45) is 0 Å². The molecule has 0 aliphatic carbocycles. The van der Waals surface area contributed by atoms with E-state index >= 15 is 0 Å². The van der Waals surface area contributed by atoms with Crippen molar-refractivity contribution in [3.8, 4) is 0 Å². The average molecular weight is 380 g/mol. The first-order valence-electron chi connectivity index (χ1n) is 8.86. The van der Waals surface area contributed by atoms with Gasteiger partial charge in [0.05, 0.1) is 6.61 Å². The van der Waals surface area contributed by atoms with Crippen LogP contribution >= 0.6 is 0 Å². The Hall–Kier alpha value is -2.00. The highest BCUT2D eigenvalue weighted by Crippen LogP contribution is 2.35. The molecular formula is C19H24O8. The van der Waals surface area contributed by atoms with Gasteiger partial charge in [-0.2, -0.15) is 0 Å². The lowest BCUT2D eigenvalue weighted by molar-refractivity contribution is -0.269. The zero-order valence-electron chi connectivity index (χ0n) is 15.5. The fourth-order valence-corrected chi connectivity index (χ4v) is 3.20. The first-order valence-corrected chi connectivity index (χ1v) is 8.86. The third-order valence-electron chi connectivity index (χ3n) is 4.30. The van der Waals surface area contributed by atoms with E-state index in [9.17, 15) is 9.59 Å². The molecule has 1 aromatic rings. The van der Waals surface area contributed by atoms with Gasteiger partial charge in [0.15, 0.2) is 18.7 Å². The number of fused-ring (bicyclic) bond motifs is 1. The van der Waals surface area contributed by atoms with Crippen molar-refractivity contribution in [3.63, 3.8) is 0 Å². The van der Waals surface area contributed by atoms with E-state index in [0.717, 1.165) is 5.56 Å². The molecule has 0 unspecified atom stereocenters. The number of ether oxygens (including phenoxy) is 6. The van der Waals surface area contributed by atoms with Gasteiger partial charge >= 0.3 is 11.9 Å². The van der Waals surface area contributed by atoms with Gasteiger partial charge in [-0.05, 0) is 12.5 Å². The summed E-state index contributed by atoms with van der Waals surface area (Å²) in [5.74, 6) is -0.948. The van der Waals surface area contributed by atoms with Crippen LogP contribution in [0.25, 0.3) is 0 Å². The van der Waals surface area contributed by atoms with E-state index in [1.165, 1.54) is 13.8 Å². The zero-order chi connectivity index (χ0) is 19.4. The largest absolute Gasteiger partial charge is 0.463 e. The Bertz CT molecular complexity index is 648. The molecule has 0 spiro atoms. The Morgan fingerprint density at radius 1 is 1.00 bits per heavy atom. The lowest BCUT2D eigenvalue weighted by atomic mass is 9.98. The summed E-state index contributed by atoms with van der Waals surface area (Å²) in [6, 6.07) is 9.61. The zero-order valence-corrected chi connectivity index (χ0v) is 15.5. The molecule has 2 fully saturated rings. The molecule has 1 aromatic carbocycles. The maximum absolute atomic E-state index is 11.7. The topological polar surface area (TPSA) is 89.5 Å². The van der Waals surface area contributed by atoms with Gasteiger partial charge < -0.3 is 28.4 Å². The van der Waals surface area contributed by atoms with E-state index in [2.05, 4.69) is 0 Å². The summed E-state index contributed by atoms with van der Waals surface area (Å²) in [6.45, 7) is 4.56. The smallest absolute Gasteiger partial charge is 0.303 e. The van der Waals surface area contributed by atoms with Crippen molar-refractivity contribution in [1.29, 1.82) is 0 Å². The second kappa shape index (κ2) is 8.79. The van der Waals surface area contributed by atoms with Gasteiger partial charge in [0.2, 0.25) is 0 Å². The SMILES string of the molecule is CC(=O)OC[C@H]1O[C@@H]2O[C@H](C)O[C@@H]2[C@H](OCc2ccccc2)[C@@H]1OC(C)=O. The van der Waals surface area contributed by atoms with Gasteiger partial charge in [0.1, 0.15) is 24.9 Å². The molecule has 148 valence electrons. The van der Waals surface area contributed by atoms with Gasteiger partial charge in [-0.1, -0.05) is 30.3 Å². The van der Waals surface area contributed by atoms with Crippen LogP contribution in [0.4, 0.5) is 0 Å². The molecular weight excluding hydrogens is 356 g/mol. The number of esters is 2. The molecule has 2 aliphatic rings. The Morgan fingerprint density at radius 3 is 2.41 bits per heavy atom. The predicted molar refractivity (Wildman–Crippen MR) is 91.3 cm³/mol. The Kier molecular flexibility index (Phi) is 6.43. The van der Waals surface area contributed by atoms with Gasteiger partial charge in [-0.25, -0.2) is 0 Å². The average Bonchev–Trinajstić information content (AvgIpc) is 2.99. The van der Waals surface area contributed by atoms with E-state index in [-0.39, 0.29) is 6.61 Å². The van der Waals surface area contributed by atoms with Crippen LogP contribution < -0.4 is 0 Å². The normalized spacial score (nSPS) is 32.6. The van der Waals surface area contributed by atoms with E-state index in [1.807, 2.05) is 30.3 Å². The molecule has 2 saturated heterocycles. The Labute approximate surface area is 157 Å². The maximum Gasteiger partial charge on any atom is 0.303 e. The van der Waals surface area contributed by atoms with Crippen LogP contribution in [-0.4, -0.2) is 55.5 Å². The molecule has 27 heavy (non-hydrogen) atoms. The fraction of sp³-hybridized carbons (Fsp3) is 0.579. The van der Waals surface area contributed by atoms with Crippen LogP contribution in [0.15, 0.2) is 30.3 Å². The van der Waals surface area contributed by atoms with Crippen LogP contribution in [-0.2, 0) is 44.6 Å². The summed E-state index contributed by atoms with van der Waals surface area (Å²) >= 11 is 0. The predicted octanol–water partition coefficient (Wildman–Crippen LogP) is 1.55. The van der Waals surface area contributed by atoms with Crippen LogP contribution in [0.3, 0.4) is 0 Å².